The van der Waals surface area contributed by atoms with Crippen molar-refractivity contribution in [2.24, 2.45) is 0 Å². The van der Waals surface area contributed by atoms with Gasteiger partial charge in [0.2, 0.25) is 0 Å². The van der Waals surface area contributed by atoms with Gasteiger partial charge in [0.05, 0.1) is 31.5 Å². The van der Waals surface area contributed by atoms with E-state index < -0.39 is 11.9 Å². The Morgan fingerprint density at radius 3 is 2.03 bits per heavy atom. The standard InChI is InChI=1S/C22H28O3.C20H22N2O4.C3H8O.2C2H6/c1-15(2)8-7-9-16(3)10-11-19(22(23)24)13-20-14-21(25-6)12-17(4)18(20)5;1-13-9-17(26-8-7-25-3)10-15-11-18(20(23)24)22(19(13)15)12-16-6-4-5-14(2)21-16;1-3-4-2;2*1-2/h7-9,12-14H,1,10-11H2,2-6H3,(H,23,24);4-6,9-11H,7-8,12H2,1-3H3,(H,23,24);3H2,1-2H3;2*1-2H3/b8-7-,16-9+,19-13+;;;;. The molecule has 10 heteroatoms. The number of aryl methyl sites for hydroxylation is 3. The monoisotopic (exact) mass is 815 g/mol. The molecule has 2 aromatic heterocycles. The van der Waals surface area contributed by atoms with Crippen molar-refractivity contribution in [2.75, 3.05) is 41.2 Å². The van der Waals surface area contributed by atoms with Crippen molar-refractivity contribution in [2.45, 2.75) is 95.5 Å². The topological polar surface area (TPSA) is 129 Å². The second-order valence-corrected chi connectivity index (χ2v) is 13.1. The van der Waals surface area contributed by atoms with E-state index in [4.69, 9.17) is 14.2 Å². The summed E-state index contributed by atoms with van der Waals surface area (Å²) in [7, 11) is 4.92. The van der Waals surface area contributed by atoms with Crippen LogP contribution in [0.2, 0.25) is 0 Å². The van der Waals surface area contributed by atoms with E-state index in [2.05, 4.69) is 16.3 Å². The summed E-state index contributed by atoms with van der Waals surface area (Å²) in [4.78, 5) is 27.9. The van der Waals surface area contributed by atoms with Crippen molar-refractivity contribution in [3.8, 4) is 11.5 Å². The fourth-order valence-corrected chi connectivity index (χ4v) is 5.45. The first-order chi connectivity index (χ1) is 28.1. The first-order valence-corrected chi connectivity index (χ1v) is 20.1. The maximum atomic E-state index is 11.8. The Balaban J connectivity index is 0.000000971. The highest BCUT2D eigenvalue weighted by Crippen LogP contribution is 2.30. The van der Waals surface area contributed by atoms with E-state index in [0.717, 1.165) is 68.0 Å². The van der Waals surface area contributed by atoms with E-state index in [9.17, 15) is 19.8 Å². The molecule has 10 nitrogen and oxygen atoms in total. The molecular weight excluding hydrogens is 745 g/mol. The molecule has 0 radical (unpaired) electrons. The molecule has 0 spiro atoms. The van der Waals surface area contributed by atoms with E-state index >= 15 is 0 Å². The summed E-state index contributed by atoms with van der Waals surface area (Å²) in [5.74, 6) is -0.407. The van der Waals surface area contributed by atoms with Gasteiger partial charge in [-0.05, 0) is 132 Å². The molecule has 2 heterocycles. The van der Waals surface area contributed by atoms with Gasteiger partial charge in [-0.15, -0.1) is 0 Å². The number of aromatic nitrogens is 2. The number of fused-ring (bicyclic) bond motifs is 1. The lowest BCUT2D eigenvalue weighted by Crippen LogP contribution is -2.11. The second-order valence-electron chi connectivity index (χ2n) is 13.1. The Labute approximate surface area is 353 Å². The van der Waals surface area contributed by atoms with Gasteiger partial charge in [0.15, 0.2) is 0 Å². The number of carboxylic acids is 2. The number of benzene rings is 2. The first kappa shape index (κ1) is 53.6. The normalized spacial score (nSPS) is 10.9. The average molecular weight is 815 g/mol. The van der Waals surface area contributed by atoms with Crippen molar-refractivity contribution in [3.05, 3.63) is 129 Å². The van der Waals surface area contributed by atoms with Gasteiger partial charge >= 0.3 is 11.9 Å². The van der Waals surface area contributed by atoms with Crippen LogP contribution in [0.1, 0.15) is 105 Å². The van der Waals surface area contributed by atoms with Gasteiger partial charge < -0.3 is 33.7 Å². The summed E-state index contributed by atoms with van der Waals surface area (Å²) in [6.45, 7) is 27.7. The molecule has 0 fully saturated rings. The maximum absolute atomic E-state index is 11.8. The maximum Gasteiger partial charge on any atom is 0.352 e. The van der Waals surface area contributed by atoms with Gasteiger partial charge in [-0.2, -0.15) is 0 Å². The molecular formula is C49H70N2O8. The van der Waals surface area contributed by atoms with Gasteiger partial charge in [-0.1, -0.05) is 69.7 Å². The molecule has 0 aliphatic carbocycles. The van der Waals surface area contributed by atoms with Crippen LogP contribution in [0.4, 0.5) is 0 Å². The lowest BCUT2D eigenvalue weighted by atomic mass is 9.98. The van der Waals surface area contributed by atoms with Crippen LogP contribution in [0, 0.1) is 27.7 Å². The highest BCUT2D eigenvalue weighted by Gasteiger charge is 2.18. The summed E-state index contributed by atoms with van der Waals surface area (Å²) >= 11 is 0. The Morgan fingerprint density at radius 1 is 0.847 bits per heavy atom. The molecule has 0 aliphatic heterocycles. The number of aromatic carboxylic acids is 1. The molecule has 0 aliphatic rings. The molecule has 4 aromatic rings. The van der Waals surface area contributed by atoms with Crippen molar-refractivity contribution >= 4 is 28.9 Å². The van der Waals surface area contributed by atoms with Crippen LogP contribution < -0.4 is 9.47 Å². The first-order valence-electron chi connectivity index (χ1n) is 20.1. The Kier molecular flexibility index (Phi) is 27.0. The van der Waals surface area contributed by atoms with E-state index in [0.29, 0.717) is 43.9 Å². The van der Waals surface area contributed by atoms with Gasteiger partial charge in [0.1, 0.15) is 23.8 Å². The van der Waals surface area contributed by atoms with Crippen LogP contribution in [-0.2, 0) is 20.8 Å². The zero-order chi connectivity index (χ0) is 45.1. The van der Waals surface area contributed by atoms with Crippen molar-refractivity contribution < 1.29 is 38.7 Å². The zero-order valence-corrected chi connectivity index (χ0v) is 38.1. The number of pyridine rings is 1. The highest BCUT2D eigenvalue weighted by atomic mass is 16.5. The van der Waals surface area contributed by atoms with Crippen LogP contribution in [0.25, 0.3) is 17.0 Å². The molecule has 0 amide bonds. The minimum Gasteiger partial charge on any atom is -0.497 e. The number of ether oxygens (including phenoxy) is 4. The Bertz CT molecular complexity index is 2000. The number of aliphatic carboxylic acids is 1. The fourth-order valence-electron chi connectivity index (χ4n) is 5.45. The smallest absolute Gasteiger partial charge is 0.352 e. The predicted octanol–water partition coefficient (Wildman–Crippen LogP) is 11.8. The van der Waals surface area contributed by atoms with Gasteiger partial charge in [0.25, 0.3) is 0 Å². The molecule has 0 unspecified atom stereocenters. The number of rotatable bonds is 16. The second kappa shape index (κ2) is 29.7. The lowest BCUT2D eigenvalue weighted by Gasteiger charge is -2.12. The number of methoxy groups -OCH3 is 3. The molecule has 2 N–H and O–H groups in total. The lowest BCUT2D eigenvalue weighted by molar-refractivity contribution is -0.132. The van der Waals surface area contributed by atoms with Crippen molar-refractivity contribution in [3.63, 3.8) is 0 Å². The van der Waals surface area contributed by atoms with Gasteiger partial charge in [-0.25, -0.2) is 9.59 Å². The quantitative estimate of drug-likeness (QED) is 0.0645. The molecule has 324 valence electrons. The number of carbonyl (C=O) groups is 2. The minimum absolute atomic E-state index is 0.237. The Morgan fingerprint density at radius 2 is 1.49 bits per heavy atom. The number of hydrogen-bond donors (Lipinski definition) is 2. The minimum atomic E-state index is -0.963. The Hall–Kier alpha value is -5.45. The summed E-state index contributed by atoms with van der Waals surface area (Å²) < 4.78 is 22.3. The molecule has 0 bridgehead atoms. The molecule has 0 saturated heterocycles. The molecule has 2 aromatic carbocycles. The van der Waals surface area contributed by atoms with E-state index in [-0.39, 0.29) is 5.69 Å². The van der Waals surface area contributed by atoms with E-state index in [1.807, 2.05) is 137 Å². The highest BCUT2D eigenvalue weighted by molar-refractivity contribution is 5.96. The number of allylic oxidation sites excluding steroid dienone is 5. The van der Waals surface area contributed by atoms with E-state index in [1.165, 1.54) is 0 Å². The molecule has 59 heavy (non-hydrogen) atoms. The SMILES string of the molecule is C=C(C)/C=C\C=C(/C)CC/C(=C\c1cc(OC)cc(C)c1C)C(=O)O.CC.CC.CCOC.COCCOc1cc(C)c2c(c1)cc(C(=O)O)n2Cc1cccc(C)n1. The fraction of sp³-hybridized carbons (Fsp3) is 0.408. The average Bonchev–Trinajstić information content (AvgIpc) is 3.58. The third-order valence-electron chi connectivity index (χ3n) is 8.56. The summed E-state index contributed by atoms with van der Waals surface area (Å²) in [6.07, 6.45) is 8.80. The zero-order valence-electron chi connectivity index (χ0n) is 38.1. The largest absolute Gasteiger partial charge is 0.497 e. The number of nitrogens with zero attached hydrogens (tertiary/aromatic N) is 2. The van der Waals surface area contributed by atoms with Crippen LogP contribution in [0.5, 0.6) is 11.5 Å². The third kappa shape index (κ3) is 19.2. The van der Waals surface area contributed by atoms with Gasteiger partial charge in [-0.3, -0.25) is 4.98 Å². The van der Waals surface area contributed by atoms with Crippen LogP contribution in [0.3, 0.4) is 0 Å². The predicted molar refractivity (Wildman–Crippen MR) is 244 cm³/mol. The van der Waals surface area contributed by atoms with Crippen LogP contribution >= 0.6 is 0 Å². The van der Waals surface area contributed by atoms with E-state index in [1.54, 1.807) is 38.0 Å². The number of hydrogen-bond acceptors (Lipinski definition) is 7. The van der Waals surface area contributed by atoms with Crippen molar-refractivity contribution in [1.29, 1.82) is 0 Å². The van der Waals surface area contributed by atoms with Crippen LogP contribution in [-0.4, -0.2) is 72.9 Å². The molecule has 4 rings (SSSR count). The van der Waals surface area contributed by atoms with Crippen molar-refractivity contribution in [1.82, 2.24) is 9.55 Å². The summed E-state index contributed by atoms with van der Waals surface area (Å²) in [5, 5.41) is 20.0. The molecule has 0 atom stereocenters. The summed E-state index contributed by atoms with van der Waals surface area (Å²) in [6, 6.07) is 15.1. The number of carboxylic acid groups (broad SMARTS) is 2. The van der Waals surface area contributed by atoms with Gasteiger partial charge in [0, 0.05) is 37.5 Å². The van der Waals surface area contributed by atoms with Crippen LogP contribution in [0.15, 0.2) is 90.1 Å². The summed E-state index contributed by atoms with van der Waals surface area (Å²) in [5.41, 5.74) is 9.34. The molecule has 0 saturated carbocycles. The third-order valence-corrected chi connectivity index (χ3v) is 8.56.